The van der Waals surface area contributed by atoms with Gasteiger partial charge in [0.25, 0.3) is 0 Å². The maximum Gasteiger partial charge on any atom is 0.151 e. The van der Waals surface area contributed by atoms with Gasteiger partial charge in [-0.2, -0.15) is 0 Å². The van der Waals surface area contributed by atoms with Crippen LogP contribution in [0.5, 0.6) is 5.75 Å². The molecule has 0 amide bonds. The largest absolute Gasteiger partial charge is 0.496 e. The topological polar surface area (TPSA) is 47.0 Å². The summed E-state index contributed by atoms with van der Waals surface area (Å²) in [5, 5.41) is 13.2. The van der Waals surface area contributed by atoms with Crippen LogP contribution in [0.2, 0.25) is 0 Å². The predicted octanol–water partition coefficient (Wildman–Crippen LogP) is 2.70. The van der Waals surface area contributed by atoms with E-state index in [-0.39, 0.29) is 0 Å². The molecule has 0 saturated carbocycles. The van der Waals surface area contributed by atoms with Crippen molar-refractivity contribution in [1.82, 2.24) is 15.5 Å². The molecule has 0 aliphatic carbocycles. The van der Waals surface area contributed by atoms with Crippen LogP contribution in [0.3, 0.4) is 0 Å². The molecule has 0 radical (unpaired) electrons. The van der Waals surface area contributed by atoms with Crippen molar-refractivity contribution in [3.05, 3.63) is 27.7 Å². The fraction of sp³-hybridized carbons (Fsp3) is 0.273. The van der Waals surface area contributed by atoms with Crippen LogP contribution < -0.4 is 10.1 Å². The van der Waals surface area contributed by atoms with E-state index in [4.69, 9.17) is 4.74 Å². The third-order valence-corrected chi connectivity index (χ3v) is 3.64. The molecular weight excluding hydrogens is 302 g/mol. The van der Waals surface area contributed by atoms with Gasteiger partial charge in [-0.3, -0.25) is 0 Å². The molecule has 0 unspecified atom stereocenters. The van der Waals surface area contributed by atoms with Crippen molar-refractivity contribution in [3.8, 4) is 16.3 Å². The van der Waals surface area contributed by atoms with E-state index in [1.165, 1.54) is 0 Å². The van der Waals surface area contributed by atoms with Crippen LogP contribution in [0.25, 0.3) is 10.6 Å². The van der Waals surface area contributed by atoms with E-state index in [1.807, 2.05) is 25.2 Å². The SMILES string of the molecule is CNCc1nnc(-c2ccc(Br)cc2OC)s1. The minimum Gasteiger partial charge on any atom is -0.496 e. The number of halogens is 1. The maximum atomic E-state index is 5.34. The number of hydrogen-bond donors (Lipinski definition) is 1. The van der Waals surface area contributed by atoms with E-state index in [1.54, 1.807) is 18.4 Å². The Bertz CT molecular complexity index is 515. The maximum absolute atomic E-state index is 5.34. The standard InChI is InChI=1S/C11H12BrN3OS/c1-13-6-10-14-15-11(17-10)8-4-3-7(12)5-9(8)16-2/h3-5,13H,6H2,1-2H3. The van der Waals surface area contributed by atoms with Crippen LogP contribution in [0.4, 0.5) is 0 Å². The van der Waals surface area contributed by atoms with Gasteiger partial charge in [-0.15, -0.1) is 10.2 Å². The average Bonchev–Trinajstić information content (AvgIpc) is 2.78. The minimum atomic E-state index is 0.733. The Hall–Kier alpha value is -0.980. The monoisotopic (exact) mass is 313 g/mol. The van der Waals surface area contributed by atoms with Gasteiger partial charge in [0.2, 0.25) is 0 Å². The molecule has 2 rings (SSSR count). The van der Waals surface area contributed by atoms with Gasteiger partial charge in [0.1, 0.15) is 10.8 Å². The number of rotatable bonds is 4. The zero-order valence-electron chi connectivity index (χ0n) is 9.53. The van der Waals surface area contributed by atoms with Crippen LogP contribution in [-0.2, 0) is 6.54 Å². The number of benzene rings is 1. The van der Waals surface area contributed by atoms with Crippen LogP contribution >= 0.6 is 27.3 Å². The minimum absolute atomic E-state index is 0.733. The van der Waals surface area contributed by atoms with Crippen molar-refractivity contribution in [2.24, 2.45) is 0 Å². The molecule has 1 heterocycles. The first-order chi connectivity index (χ1) is 8.24. The van der Waals surface area contributed by atoms with Crippen molar-refractivity contribution >= 4 is 27.3 Å². The molecule has 4 nitrogen and oxygen atoms in total. The Balaban J connectivity index is 2.37. The summed E-state index contributed by atoms with van der Waals surface area (Å²) in [5.41, 5.74) is 0.968. The lowest BCUT2D eigenvalue weighted by atomic mass is 10.2. The lowest BCUT2D eigenvalue weighted by Crippen LogP contribution is -2.04. The number of hydrogen-bond acceptors (Lipinski definition) is 5. The van der Waals surface area contributed by atoms with Gasteiger partial charge < -0.3 is 10.1 Å². The lowest BCUT2D eigenvalue weighted by Gasteiger charge is -2.05. The second kappa shape index (κ2) is 5.57. The van der Waals surface area contributed by atoms with Gasteiger partial charge in [-0.05, 0) is 25.2 Å². The predicted molar refractivity (Wildman–Crippen MR) is 72.4 cm³/mol. The van der Waals surface area contributed by atoms with Crippen LogP contribution in [0.1, 0.15) is 5.01 Å². The molecular formula is C11H12BrN3OS. The van der Waals surface area contributed by atoms with Crippen LogP contribution in [0, 0.1) is 0 Å². The van der Waals surface area contributed by atoms with Gasteiger partial charge in [0.15, 0.2) is 5.01 Å². The average molecular weight is 314 g/mol. The second-order valence-corrected chi connectivity index (χ2v) is 5.35. The number of methoxy groups -OCH3 is 1. The van der Waals surface area contributed by atoms with E-state index >= 15 is 0 Å². The summed E-state index contributed by atoms with van der Waals surface area (Å²) in [5.74, 6) is 0.798. The summed E-state index contributed by atoms with van der Waals surface area (Å²) in [4.78, 5) is 0. The molecule has 1 aromatic heterocycles. The smallest absolute Gasteiger partial charge is 0.151 e. The Labute approximate surface area is 112 Å². The molecule has 0 atom stereocenters. The summed E-state index contributed by atoms with van der Waals surface area (Å²) < 4.78 is 6.33. The lowest BCUT2D eigenvalue weighted by molar-refractivity contribution is 0.416. The Morgan fingerprint density at radius 3 is 2.94 bits per heavy atom. The van der Waals surface area contributed by atoms with Crippen LogP contribution in [-0.4, -0.2) is 24.4 Å². The van der Waals surface area contributed by atoms with Gasteiger partial charge in [-0.1, -0.05) is 27.3 Å². The quantitative estimate of drug-likeness (QED) is 0.942. The highest BCUT2D eigenvalue weighted by molar-refractivity contribution is 9.10. The summed E-state index contributed by atoms with van der Waals surface area (Å²) in [6.07, 6.45) is 0. The molecule has 0 aliphatic heterocycles. The molecule has 90 valence electrons. The highest BCUT2D eigenvalue weighted by atomic mass is 79.9. The summed E-state index contributed by atoms with van der Waals surface area (Å²) in [6, 6.07) is 5.87. The Kier molecular flexibility index (Phi) is 4.09. The van der Waals surface area contributed by atoms with Crippen molar-refractivity contribution in [2.75, 3.05) is 14.2 Å². The summed E-state index contributed by atoms with van der Waals surface area (Å²) >= 11 is 4.98. The zero-order chi connectivity index (χ0) is 12.3. The van der Waals surface area contributed by atoms with Gasteiger partial charge in [0, 0.05) is 11.0 Å². The fourth-order valence-electron chi connectivity index (χ4n) is 1.43. The summed E-state index contributed by atoms with van der Waals surface area (Å²) in [6.45, 7) is 0.733. The van der Waals surface area contributed by atoms with E-state index in [2.05, 4.69) is 31.4 Å². The molecule has 1 aromatic carbocycles. The molecule has 1 N–H and O–H groups in total. The number of nitrogens with zero attached hydrogens (tertiary/aromatic N) is 2. The first-order valence-electron chi connectivity index (χ1n) is 5.05. The number of ether oxygens (including phenoxy) is 1. The zero-order valence-corrected chi connectivity index (χ0v) is 11.9. The fourth-order valence-corrected chi connectivity index (χ4v) is 2.65. The van der Waals surface area contributed by atoms with Gasteiger partial charge in [0.05, 0.1) is 12.7 Å². The molecule has 6 heteroatoms. The van der Waals surface area contributed by atoms with Gasteiger partial charge in [-0.25, -0.2) is 0 Å². The van der Waals surface area contributed by atoms with E-state index in [0.29, 0.717) is 0 Å². The summed E-state index contributed by atoms with van der Waals surface area (Å²) in [7, 11) is 3.54. The van der Waals surface area contributed by atoms with Crippen molar-refractivity contribution in [3.63, 3.8) is 0 Å². The Morgan fingerprint density at radius 1 is 1.41 bits per heavy atom. The molecule has 0 saturated heterocycles. The highest BCUT2D eigenvalue weighted by Crippen LogP contribution is 2.34. The highest BCUT2D eigenvalue weighted by Gasteiger charge is 2.11. The molecule has 0 spiro atoms. The Morgan fingerprint density at radius 2 is 2.24 bits per heavy atom. The van der Waals surface area contributed by atoms with E-state index in [9.17, 15) is 0 Å². The third-order valence-electron chi connectivity index (χ3n) is 2.19. The molecule has 17 heavy (non-hydrogen) atoms. The van der Waals surface area contributed by atoms with Crippen molar-refractivity contribution < 1.29 is 4.74 Å². The normalized spacial score (nSPS) is 10.5. The van der Waals surface area contributed by atoms with Crippen molar-refractivity contribution in [2.45, 2.75) is 6.54 Å². The van der Waals surface area contributed by atoms with Gasteiger partial charge >= 0.3 is 0 Å². The van der Waals surface area contributed by atoms with E-state index in [0.717, 1.165) is 32.3 Å². The van der Waals surface area contributed by atoms with Crippen molar-refractivity contribution in [1.29, 1.82) is 0 Å². The van der Waals surface area contributed by atoms with Crippen LogP contribution in [0.15, 0.2) is 22.7 Å². The molecule has 0 aliphatic rings. The van der Waals surface area contributed by atoms with E-state index < -0.39 is 0 Å². The number of aromatic nitrogens is 2. The first-order valence-corrected chi connectivity index (χ1v) is 6.66. The second-order valence-electron chi connectivity index (χ2n) is 3.38. The molecule has 2 aromatic rings. The third kappa shape index (κ3) is 2.83. The first kappa shape index (κ1) is 12.5. The number of nitrogens with one attached hydrogen (secondary N) is 1. The molecule has 0 bridgehead atoms. The molecule has 0 fully saturated rings.